The molecule has 6 nitrogen and oxygen atoms in total. The van der Waals surface area contributed by atoms with E-state index in [9.17, 15) is 19.2 Å². The number of imide groups is 1. The summed E-state index contributed by atoms with van der Waals surface area (Å²) in [5.74, 6) is -0.102. The summed E-state index contributed by atoms with van der Waals surface area (Å²) in [4.78, 5) is 51.2. The molecule has 4 aliphatic carbocycles. The Bertz CT molecular complexity index is 824. The minimum absolute atomic E-state index is 0.0332. The third-order valence-electron chi connectivity index (χ3n) is 6.45. The van der Waals surface area contributed by atoms with Crippen molar-refractivity contribution in [3.8, 4) is 0 Å². The van der Waals surface area contributed by atoms with Crippen molar-refractivity contribution in [2.75, 3.05) is 13.2 Å². The number of thiophene rings is 1. The quantitative estimate of drug-likeness (QED) is 0.323. The van der Waals surface area contributed by atoms with Gasteiger partial charge in [0.2, 0.25) is 17.6 Å². The van der Waals surface area contributed by atoms with Crippen molar-refractivity contribution in [1.29, 1.82) is 0 Å². The van der Waals surface area contributed by atoms with Gasteiger partial charge in [0.15, 0.2) is 6.61 Å². The lowest BCUT2D eigenvalue weighted by Gasteiger charge is -2.37. The first-order valence-electron chi connectivity index (χ1n) is 9.32. The fourth-order valence-corrected chi connectivity index (χ4v) is 5.82. The predicted octanol–water partition coefficient (Wildman–Crippen LogP) is 1.92. The number of carbonyl (C=O) groups is 4. The second-order valence-electron chi connectivity index (χ2n) is 7.79. The van der Waals surface area contributed by atoms with E-state index in [0.29, 0.717) is 16.7 Å². The minimum atomic E-state index is -0.570. The fraction of sp³-hybridized carbons (Fsp3) is 0.500. The number of amides is 2. The zero-order chi connectivity index (χ0) is 18.7. The van der Waals surface area contributed by atoms with Crippen LogP contribution in [0.15, 0.2) is 29.7 Å². The molecule has 1 aliphatic heterocycles. The molecule has 0 radical (unpaired) electrons. The highest BCUT2D eigenvalue weighted by molar-refractivity contribution is 7.12. The van der Waals surface area contributed by atoms with Crippen molar-refractivity contribution < 1.29 is 23.9 Å². The number of carbonyl (C=O) groups excluding carboxylic acids is 4. The van der Waals surface area contributed by atoms with Gasteiger partial charge in [0.1, 0.15) is 0 Å². The van der Waals surface area contributed by atoms with E-state index < -0.39 is 5.97 Å². The molecule has 6 atom stereocenters. The molecule has 6 rings (SSSR count). The van der Waals surface area contributed by atoms with Gasteiger partial charge in [-0.2, -0.15) is 0 Å². The second kappa shape index (κ2) is 6.12. The van der Waals surface area contributed by atoms with Crippen molar-refractivity contribution in [2.45, 2.75) is 12.8 Å². The van der Waals surface area contributed by atoms with Crippen molar-refractivity contribution in [3.05, 3.63) is 34.5 Å². The number of allylic oxidation sites excluding steroid dienone is 2. The topological polar surface area (TPSA) is 80.8 Å². The summed E-state index contributed by atoms with van der Waals surface area (Å²) in [6.07, 6.45) is 5.29. The van der Waals surface area contributed by atoms with Crippen LogP contribution in [-0.4, -0.2) is 41.6 Å². The highest BCUT2D eigenvalue weighted by atomic mass is 32.1. The summed E-state index contributed by atoms with van der Waals surface area (Å²) >= 11 is 1.29. The lowest BCUT2D eigenvalue weighted by molar-refractivity contribution is -0.145. The number of esters is 1. The summed E-state index contributed by atoms with van der Waals surface area (Å²) in [6, 6.07) is 3.44. The number of rotatable bonds is 6. The van der Waals surface area contributed by atoms with Crippen LogP contribution in [-0.2, 0) is 19.1 Å². The normalized spacial score (nSPS) is 35.2. The van der Waals surface area contributed by atoms with Crippen molar-refractivity contribution in [2.24, 2.45) is 35.5 Å². The van der Waals surface area contributed by atoms with E-state index in [0.717, 1.165) is 6.42 Å². The van der Waals surface area contributed by atoms with Gasteiger partial charge in [-0.3, -0.25) is 24.1 Å². The first kappa shape index (κ1) is 16.9. The summed E-state index contributed by atoms with van der Waals surface area (Å²) in [5, 5.41) is 1.78. The van der Waals surface area contributed by atoms with E-state index in [1.807, 2.05) is 0 Å². The standard InChI is InChI=1S/C20H19NO5S/c22-14(15-2-1-7-27-15)9-26-16(23)5-6-21-19(24)17-10-3-4-11(13-8-12(10)13)18(17)20(21)25/h1-4,7,10-13,17-18H,5-6,8-9H2/t10-,11+,12-,13-,17+,18+/m1/s1. The van der Waals surface area contributed by atoms with Gasteiger partial charge >= 0.3 is 5.97 Å². The van der Waals surface area contributed by atoms with E-state index in [1.54, 1.807) is 17.5 Å². The average Bonchev–Trinajstić information content (AvgIpc) is 3.25. The molecule has 1 aromatic rings. The molecule has 2 bridgehead atoms. The lowest BCUT2D eigenvalue weighted by atomic mass is 9.63. The minimum Gasteiger partial charge on any atom is -0.457 e. The maximum absolute atomic E-state index is 12.8. The molecule has 0 N–H and O–H groups in total. The van der Waals surface area contributed by atoms with Crippen LogP contribution in [0.4, 0.5) is 0 Å². The molecule has 0 unspecified atom stereocenters. The van der Waals surface area contributed by atoms with Crippen LogP contribution in [0.1, 0.15) is 22.5 Å². The van der Waals surface area contributed by atoms with Crippen LogP contribution in [0.25, 0.3) is 0 Å². The van der Waals surface area contributed by atoms with Crippen molar-refractivity contribution in [1.82, 2.24) is 4.90 Å². The SMILES string of the molecule is O=C(CCN1C(=O)[C@H]2[C@@H]3C=C[C@@H]([C@H]4C[C@H]34)[C@@H]2C1=O)OCC(=O)c1cccs1. The summed E-state index contributed by atoms with van der Waals surface area (Å²) in [5.41, 5.74) is 0. The molecular weight excluding hydrogens is 366 g/mol. The highest BCUT2D eigenvalue weighted by Gasteiger charge is 2.66. The van der Waals surface area contributed by atoms with Gasteiger partial charge in [0.25, 0.3) is 0 Å². The predicted molar refractivity (Wildman–Crippen MR) is 95.6 cm³/mol. The molecule has 0 spiro atoms. The van der Waals surface area contributed by atoms with E-state index in [4.69, 9.17) is 4.74 Å². The zero-order valence-corrected chi connectivity index (χ0v) is 15.4. The molecule has 2 saturated carbocycles. The Hall–Kier alpha value is -2.28. The molecule has 7 heteroatoms. The number of hydrogen-bond donors (Lipinski definition) is 0. The Labute approximate surface area is 160 Å². The zero-order valence-electron chi connectivity index (χ0n) is 14.6. The van der Waals surface area contributed by atoms with Crippen molar-refractivity contribution in [3.63, 3.8) is 0 Å². The molecular formula is C20H19NO5S. The van der Waals surface area contributed by atoms with Crippen LogP contribution < -0.4 is 0 Å². The van der Waals surface area contributed by atoms with Gasteiger partial charge in [-0.25, -0.2) is 0 Å². The monoisotopic (exact) mass is 385 g/mol. The van der Waals surface area contributed by atoms with Crippen LogP contribution in [0.5, 0.6) is 0 Å². The first-order chi connectivity index (χ1) is 13.1. The Morgan fingerprint density at radius 2 is 1.78 bits per heavy atom. The molecule has 2 amide bonds. The summed E-state index contributed by atoms with van der Waals surface area (Å²) < 4.78 is 5.01. The lowest BCUT2D eigenvalue weighted by Crippen LogP contribution is -2.40. The molecule has 1 aromatic heterocycles. The van der Waals surface area contributed by atoms with Crippen LogP contribution >= 0.6 is 11.3 Å². The van der Waals surface area contributed by atoms with Crippen LogP contribution in [0.3, 0.4) is 0 Å². The first-order valence-corrected chi connectivity index (χ1v) is 10.2. The highest BCUT2D eigenvalue weighted by Crippen LogP contribution is 2.65. The van der Waals surface area contributed by atoms with Gasteiger partial charge in [0.05, 0.1) is 23.1 Å². The molecule has 1 saturated heterocycles. The van der Waals surface area contributed by atoms with E-state index in [2.05, 4.69) is 12.2 Å². The smallest absolute Gasteiger partial charge is 0.308 e. The Morgan fingerprint density at radius 3 is 2.37 bits per heavy atom. The Balaban J connectivity index is 1.17. The molecule has 140 valence electrons. The van der Waals surface area contributed by atoms with Crippen LogP contribution in [0, 0.1) is 35.5 Å². The fourth-order valence-electron chi connectivity index (χ4n) is 5.17. The van der Waals surface area contributed by atoms with Gasteiger partial charge in [-0.15, -0.1) is 11.3 Å². The number of ketones is 1. The molecule has 2 heterocycles. The average molecular weight is 385 g/mol. The van der Waals surface area contributed by atoms with Crippen LogP contribution in [0.2, 0.25) is 0 Å². The molecule has 3 fully saturated rings. The maximum atomic E-state index is 12.8. The third-order valence-corrected chi connectivity index (χ3v) is 7.36. The largest absolute Gasteiger partial charge is 0.457 e. The molecule has 0 aromatic carbocycles. The summed E-state index contributed by atoms with van der Waals surface area (Å²) in [7, 11) is 0. The van der Waals surface area contributed by atoms with Gasteiger partial charge in [-0.05, 0) is 41.5 Å². The van der Waals surface area contributed by atoms with Gasteiger partial charge in [-0.1, -0.05) is 18.2 Å². The van der Waals surface area contributed by atoms with Gasteiger partial charge in [0, 0.05) is 6.54 Å². The second-order valence-corrected chi connectivity index (χ2v) is 8.74. The Kier molecular flexibility index (Phi) is 3.82. The van der Waals surface area contributed by atoms with Crippen molar-refractivity contribution >= 4 is 34.9 Å². The maximum Gasteiger partial charge on any atom is 0.308 e. The van der Waals surface area contributed by atoms with E-state index in [1.165, 1.54) is 16.2 Å². The van der Waals surface area contributed by atoms with E-state index in [-0.39, 0.29) is 60.8 Å². The number of Topliss-reactive ketones (excluding diaryl/α,β-unsaturated/α-hetero) is 1. The van der Waals surface area contributed by atoms with E-state index >= 15 is 0 Å². The molecule has 5 aliphatic rings. The van der Waals surface area contributed by atoms with Gasteiger partial charge < -0.3 is 4.74 Å². The number of ether oxygens (including phenoxy) is 1. The summed E-state index contributed by atoms with van der Waals surface area (Å²) in [6.45, 7) is -0.282. The number of likely N-dealkylation sites (tertiary alicyclic amines) is 1. The number of nitrogens with zero attached hydrogens (tertiary/aromatic N) is 1. The Morgan fingerprint density at radius 1 is 1.11 bits per heavy atom. The third kappa shape index (κ3) is 2.59. The molecule has 27 heavy (non-hydrogen) atoms. The number of hydrogen-bond acceptors (Lipinski definition) is 6.